The molecule has 0 spiro atoms. The van der Waals surface area contributed by atoms with Gasteiger partial charge in [0, 0.05) is 0 Å². The lowest BCUT2D eigenvalue weighted by Crippen LogP contribution is -1.96. The van der Waals surface area contributed by atoms with Crippen molar-refractivity contribution >= 4 is 6.08 Å². The Morgan fingerprint density at radius 2 is 1.92 bits per heavy atom. The molecule has 0 saturated heterocycles. The summed E-state index contributed by atoms with van der Waals surface area (Å²) in [5.74, 6) is 0. The molecule has 0 saturated carbocycles. The van der Waals surface area contributed by atoms with Crippen LogP contribution in [-0.2, 0) is 4.79 Å². The topological polar surface area (TPSA) is 29.4 Å². The van der Waals surface area contributed by atoms with Gasteiger partial charge in [0.05, 0.1) is 6.04 Å². The maximum atomic E-state index is 9.86. The minimum atomic E-state index is 0.170. The average molecular weight is 169 g/mol. The third kappa shape index (κ3) is 7.49. The first-order valence-electron chi connectivity index (χ1n) is 4.88. The molecule has 0 aliphatic carbocycles. The standard InChI is InChI=1S/C10H19NO/c1-3-4-5-6-7-8-10(2)11-9-12/h10H,3-8H2,1-2H3/t10-/m1/s1. The first-order chi connectivity index (χ1) is 5.81. The van der Waals surface area contributed by atoms with Gasteiger partial charge in [-0.25, -0.2) is 9.79 Å². The summed E-state index contributed by atoms with van der Waals surface area (Å²) in [6.07, 6.45) is 9.00. The van der Waals surface area contributed by atoms with Crippen molar-refractivity contribution in [2.75, 3.05) is 0 Å². The van der Waals surface area contributed by atoms with Crippen LogP contribution in [0.15, 0.2) is 4.99 Å². The van der Waals surface area contributed by atoms with Crippen molar-refractivity contribution in [2.45, 2.75) is 58.4 Å². The molecule has 0 N–H and O–H groups in total. The Hall–Kier alpha value is -0.620. The van der Waals surface area contributed by atoms with Crippen LogP contribution in [0.25, 0.3) is 0 Å². The molecule has 0 amide bonds. The van der Waals surface area contributed by atoms with E-state index < -0.39 is 0 Å². The van der Waals surface area contributed by atoms with Crippen molar-refractivity contribution in [1.29, 1.82) is 0 Å². The molecule has 0 unspecified atom stereocenters. The Morgan fingerprint density at radius 3 is 2.50 bits per heavy atom. The summed E-state index contributed by atoms with van der Waals surface area (Å²) >= 11 is 0. The van der Waals surface area contributed by atoms with Crippen LogP contribution < -0.4 is 0 Å². The number of unbranched alkanes of at least 4 members (excludes halogenated alkanes) is 4. The van der Waals surface area contributed by atoms with E-state index in [1.165, 1.54) is 32.1 Å². The Bertz CT molecular complexity index is 139. The molecule has 12 heavy (non-hydrogen) atoms. The first-order valence-corrected chi connectivity index (χ1v) is 4.88. The van der Waals surface area contributed by atoms with Gasteiger partial charge >= 0.3 is 0 Å². The number of hydrogen-bond acceptors (Lipinski definition) is 2. The van der Waals surface area contributed by atoms with Crippen LogP contribution >= 0.6 is 0 Å². The highest BCUT2D eigenvalue weighted by Gasteiger charge is 1.97. The molecule has 2 nitrogen and oxygen atoms in total. The van der Waals surface area contributed by atoms with Crippen LogP contribution in [0.4, 0.5) is 0 Å². The quantitative estimate of drug-likeness (QED) is 0.327. The van der Waals surface area contributed by atoms with Gasteiger partial charge in [0.1, 0.15) is 0 Å². The van der Waals surface area contributed by atoms with Crippen molar-refractivity contribution in [1.82, 2.24) is 0 Å². The fourth-order valence-corrected chi connectivity index (χ4v) is 1.20. The van der Waals surface area contributed by atoms with Crippen molar-refractivity contribution in [3.8, 4) is 0 Å². The van der Waals surface area contributed by atoms with E-state index >= 15 is 0 Å². The van der Waals surface area contributed by atoms with Gasteiger partial charge in [-0.15, -0.1) is 0 Å². The van der Waals surface area contributed by atoms with Gasteiger partial charge in [-0.1, -0.05) is 39.0 Å². The number of aliphatic imine (C=N–C) groups is 1. The highest BCUT2D eigenvalue weighted by atomic mass is 16.1. The first kappa shape index (κ1) is 11.4. The van der Waals surface area contributed by atoms with E-state index in [4.69, 9.17) is 0 Å². The molecular weight excluding hydrogens is 150 g/mol. The molecule has 0 aromatic carbocycles. The smallest absolute Gasteiger partial charge is 0.211 e. The second kappa shape index (κ2) is 8.48. The Balaban J connectivity index is 3.13. The number of rotatable bonds is 7. The molecule has 70 valence electrons. The monoisotopic (exact) mass is 169 g/mol. The summed E-state index contributed by atoms with van der Waals surface area (Å²) in [5, 5.41) is 0. The molecular formula is C10H19NO. The maximum Gasteiger partial charge on any atom is 0.235 e. The molecule has 0 rings (SSSR count). The zero-order valence-corrected chi connectivity index (χ0v) is 8.18. The minimum absolute atomic E-state index is 0.170. The second-order valence-electron chi connectivity index (χ2n) is 3.27. The largest absolute Gasteiger partial charge is 0.235 e. The zero-order valence-electron chi connectivity index (χ0n) is 8.18. The van der Waals surface area contributed by atoms with E-state index in [0.717, 1.165) is 6.42 Å². The van der Waals surface area contributed by atoms with Gasteiger partial charge in [0.25, 0.3) is 0 Å². The van der Waals surface area contributed by atoms with Crippen molar-refractivity contribution < 1.29 is 4.79 Å². The molecule has 1 atom stereocenters. The van der Waals surface area contributed by atoms with E-state index in [-0.39, 0.29) is 6.04 Å². The Labute approximate surface area is 75.1 Å². The summed E-state index contributed by atoms with van der Waals surface area (Å²) in [6, 6.07) is 0.170. The fourth-order valence-electron chi connectivity index (χ4n) is 1.20. The van der Waals surface area contributed by atoms with Crippen LogP contribution in [0.3, 0.4) is 0 Å². The van der Waals surface area contributed by atoms with Crippen LogP contribution in [0, 0.1) is 0 Å². The van der Waals surface area contributed by atoms with Crippen molar-refractivity contribution in [3.63, 3.8) is 0 Å². The molecule has 0 aromatic rings. The number of nitrogens with zero attached hydrogens (tertiary/aromatic N) is 1. The lowest BCUT2D eigenvalue weighted by Gasteiger charge is -2.02. The normalized spacial score (nSPS) is 12.2. The van der Waals surface area contributed by atoms with Crippen LogP contribution in [0.2, 0.25) is 0 Å². The number of hydrogen-bond donors (Lipinski definition) is 0. The second-order valence-corrected chi connectivity index (χ2v) is 3.27. The summed E-state index contributed by atoms with van der Waals surface area (Å²) < 4.78 is 0. The van der Waals surface area contributed by atoms with Gasteiger partial charge in [-0.3, -0.25) is 0 Å². The minimum Gasteiger partial charge on any atom is -0.211 e. The van der Waals surface area contributed by atoms with Gasteiger partial charge < -0.3 is 0 Å². The van der Waals surface area contributed by atoms with Crippen LogP contribution in [0.5, 0.6) is 0 Å². The third-order valence-electron chi connectivity index (χ3n) is 2.00. The number of isocyanates is 1. The average Bonchev–Trinajstić information content (AvgIpc) is 2.05. The molecule has 0 aromatic heterocycles. The SMILES string of the molecule is CCCCCCC[C@@H](C)N=C=O. The van der Waals surface area contributed by atoms with Gasteiger partial charge in [-0.05, 0) is 13.3 Å². The van der Waals surface area contributed by atoms with E-state index in [2.05, 4.69) is 11.9 Å². The molecule has 0 radical (unpaired) electrons. The molecule has 0 heterocycles. The zero-order chi connectivity index (χ0) is 9.23. The predicted octanol–water partition coefficient (Wildman–Crippen LogP) is 3.07. The highest BCUT2D eigenvalue weighted by Crippen LogP contribution is 2.08. The Kier molecular flexibility index (Phi) is 8.04. The third-order valence-corrected chi connectivity index (χ3v) is 2.00. The van der Waals surface area contributed by atoms with Gasteiger partial charge in [0.2, 0.25) is 6.08 Å². The summed E-state index contributed by atoms with van der Waals surface area (Å²) in [7, 11) is 0. The van der Waals surface area contributed by atoms with Gasteiger partial charge in [0.15, 0.2) is 0 Å². The fraction of sp³-hybridized carbons (Fsp3) is 0.900. The summed E-state index contributed by atoms with van der Waals surface area (Å²) in [5.41, 5.74) is 0. The Morgan fingerprint density at radius 1 is 1.25 bits per heavy atom. The summed E-state index contributed by atoms with van der Waals surface area (Å²) in [4.78, 5) is 13.5. The predicted molar refractivity (Wildman–Crippen MR) is 51.0 cm³/mol. The lowest BCUT2D eigenvalue weighted by atomic mass is 10.1. The van der Waals surface area contributed by atoms with Crippen LogP contribution in [0.1, 0.15) is 52.4 Å². The van der Waals surface area contributed by atoms with E-state index in [1.807, 2.05) is 6.92 Å². The van der Waals surface area contributed by atoms with Gasteiger partial charge in [-0.2, -0.15) is 0 Å². The van der Waals surface area contributed by atoms with Crippen molar-refractivity contribution in [3.05, 3.63) is 0 Å². The van der Waals surface area contributed by atoms with E-state index in [0.29, 0.717) is 0 Å². The summed E-state index contributed by atoms with van der Waals surface area (Å²) in [6.45, 7) is 4.17. The number of carbonyl (C=O) groups excluding carboxylic acids is 1. The van der Waals surface area contributed by atoms with E-state index in [9.17, 15) is 4.79 Å². The molecule has 0 aliphatic rings. The van der Waals surface area contributed by atoms with Crippen LogP contribution in [-0.4, -0.2) is 12.1 Å². The van der Waals surface area contributed by atoms with Crippen molar-refractivity contribution in [2.24, 2.45) is 4.99 Å². The molecule has 2 heteroatoms. The maximum absolute atomic E-state index is 9.86. The molecule has 0 aliphatic heterocycles. The molecule has 0 fully saturated rings. The highest BCUT2D eigenvalue weighted by molar-refractivity contribution is 5.33. The molecule has 0 bridgehead atoms. The lowest BCUT2D eigenvalue weighted by molar-refractivity contribution is 0.541. The van der Waals surface area contributed by atoms with E-state index in [1.54, 1.807) is 6.08 Å².